The van der Waals surface area contributed by atoms with E-state index in [0.717, 1.165) is 36.5 Å². The fraction of sp³-hybridized carbons (Fsp3) is 0.292. The normalized spacial score (nSPS) is 16.6. The number of halogens is 1. The monoisotopic (exact) mass is 389 g/mol. The highest BCUT2D eigenvalue weighted by Crippen LogP contribution is 2.27. The van der Waals surface area contributed by atoms with Crippen molar-refractivity contribution in [3.63, 3.8) is 0 Å². The van der Waals surface area contributed by atoms with Gasteiger partial charge in [0.25, 0.3) is 0 Å². The van der Waals surface area contributed by atoms with Crippen molar-refractivity contribution in [1.29, 1.82) is 0 Å². The first-order valence-electron chi connectivity index (χ1n) is 10.0. The number of rotatable bonds is 4. The summed E-state index contributed by atoms with van der Waals surface area (Å²) in [6.45, 7) is 3.43. The molecule has 1 saturated heterocycles. The largest absolute Gasteiger partial charge is 0.342 e. The van der Waals surface area contributed by atoms with Crippen LogP contribution < -0.4 is 0 Å². The van der Waals surface area contributed by atoms with Crippen LogP contribution in [0.2, 0.25) is 0 Å². The zero-order valence-corrected chi connectivity index (χ0v) is 16.5. The number of piperidine rings is 1. The van der Waals surface area contributed by atoms with E-state index in [9.17, 15) is 9.18 Å². The predicted octanol–water partition coefficient (Wildman–Crippen LogP) is 4.54. The van der Waals surface area contributed by atoms with Crippen molar-refractivity contribution in [2.45, 2.75) is 32.1 Å². The van der Waals surface area contributed by atoms with Crippen LogP contribution in [0.5, 0.6) is 0 Å². The molecule has 0 bridgehead atoms. The number of likely N-dealkylation sites (tertiary alicyclic amines) is 1. The van der Waals surface area contributed by atoms with Gasteiger partial charge in [-0.05, 0) is 49.6 Å². The second kappa shape index (κ2) is 8.52. The van der Waals surface area contributed by atoms with E-state index in [2.05, 4.69) is 24.0 Å². The van der Waals surface area contributed by atoms with Gasteiger partial charge in [0.1, 0.15) is 5.82 Å². The SMILES string of the molecule is Cc1cccc(-c2nccc([C@H]3CCCN(C(=O)Cc4cccc(F)c4)C3)n2)c1. The molecule has 1 aliphatic rings. The molecule has 0 spiro atoms. The van der Waals surface area contributed by atoms with E-state index in [4.69, 9.17) is 4.98 Å². The van der Waals surface area contributed by atoms with Crippen molar-refractivity contribution in [1.82, 2.24) is 14.9 Å². The lowest BCUT2D eigenvalue weighted by Crippen LogP contribution is -2.40. The summed E-state index contributed by atoms with van der Waals surface area (Å²) in [6.07, 6.45) is 3.95. The topological polar surface area (TPSA) is 46.1 Å². The number of aryl methyl sites for hydroxylation is 1. The number of nitrogens with zero attached hydrogens (tertiary/aromatic N) is 3. The second-order valence-electron chi connectivity index (χ2n) is 7.66. The van der Waals surface area contributed by atoms with Crippen molar-refractivity contribution in [2.24, 2.45) is 0 Å². The summed E-state index contributed by atoms with van der Waals surface area (Å²) in [5, 5.41) is 0. The molecule has 0 unspecified atom stereocenters. The van der Waals surface area contributed by atoms with Crippen LogP contribution in [0.15, 0.2) is 60.8 Å². The molecule has 4 rings (SSSR count). The molecule has 2 aromatic carbocycles. The Hall–Kier alpha value is -3.08. The molecule has 0 N–H and O–H groups in total. The van der Waals surface area contributed by atoms with Gasteiger partial charge in [0, 0.05) is 36.5 Å². The summed E-state index contributed by atoms with van der Waals surface area (Å²) in [7, 11) is 0. The van der Waals surface area contributed by atoms with Gasteiger partial charge in [0.05, 0.1) is 6.42 Å². The summed E-state index contributed by atoms with van der Waals surface area (Å²) >= 11 is 0. The third kappa shape index (κ3) is 4.67. The predicted molar refractivity (Wildman–Crippen MR) is 111 cm³/mol. The Morgan fingerprint density at radius 2 is 2.03 bits per heavy atom. The molecule has 3 aromatic rings. The van der Waals surface area contributed by atoms with Gasteiger partial charge in [-0.2, -0.15) is 0 Å². The van der Waals surface area contributed by atoms with Crippen LogP contribution in [-0.4, -0.2) is 33.9 Å². The molecule has 1 amide bonds. The lowest BCUT2D eigenvalue weighted by atomic mass is 9.94. The molecule has 5 heteroatoms. The van der Waals surface area contributed by atoms with Crippen LogP contribution in [0.4, 0.5) is 4.39 Å². The van der Waals surface area contributed by atoms with Gasteiger partial charge in [-0.25, -0.2) is 14.4 Å². The van der Waals surface area contributed by atoms with Crippen molar-refractivity contribution in [3.05, 3.63) is 83.4 Å². The molecule has 1 fully saturated rings. The van der Waals surface area contributed by atoms with E-state index in [1.165, 1.54) is 17.7 Å². The third-order valence-electron chi connectivity index (χ3n) is 5.39. The van der Waals surface area contributed by atoms with Gasteiger partial charge < -0.3 is 4.90 Å². The molecule has 0 saturated carbocycles. The molecule has 1 atom stereocenters. The van der Waals surface area contributed by atoms with Gasteiger partial charge in [0.15, 0.2) is 5.82 Å². The molecule has 29 heavy (non-hydrogen) atoms. The van der Waals surface area contributed by atoms with Crippen molar-refractivity contribution in [3.8, 4) is 11.4 Å². The Morgan fingerprint density at radius 1 is 1.17 bits per heavy atom. The molecule has 1 aromatic heterocycles. The van der Waals surface area contributed by atoms with Crippen LogP contribution in [0.3, 0.4) is 0 Å². The number of hydrogen-bond acceptors (Lipinski definition) is 3. The van der Waals surface area contributed by atoms with Gasteiger partial charge in [-0.15, -0.1) is 0 Å². The van der Waals surface area contributed by atoms with Crippen molar-refractivity contribution >= 4 is 5.91 Å². The van der Waals surface area contributed by atoms with E-state index >= 15 is 0 Å². The zero-order valence-electron chi connectivity index (χ0n) is 16.5. The average Bonchev–Trinajstić information content (AvgIpc) is 2.74. The Morgan fingerprint density at radius 3 is 2.86 bits per heavy atom. The quantitative estimate of drug-likeness (QED) is 0.658. The first kappa shape index (κ1) is 19.2. The minimum absolute atomic E-state index is 0.0354. The number of benzene rings is 2. The lowest BCUT2D eigenvalue weighted by molar-refractivity contribution is -0.131. The van der Waals surface area contributed by atoms with Gasteiger partial charge >= 0.3 is 0 Å². The fourth-order valence-electron chi connectivity index (χ4n) is 3.90. The molecular formula is C24H24FN3O. The smallest absolute Gasteiger partial charge is 0.227 e. The van der Waals surface area contributed by atoms with E-state index in [1.807, 2.05) is 23.1 Å². The van der Waals surface area contributed by atoms with Crippen LogP contribution in [0, 0.1) is 12.7 Å². The molecule has 2 heterocycles. The Bertz CT molecular complexity index is 1020. The second-order valence-corrected chi connectivity index (χ2v) is 7.66. The molecule has 4 nitrogen and oxygen atoms in total. The van der Waals surface area contributed by atoms with E-state index < -0.39 is 0 Å². The number of hydrogen-bond donors (Lipinski definition) is 0. The summed E-state index contributed by atoms with van der Waals surface area (Å²) in [6, 6.07) is 16.4. The first-order valence-corrected chi connectivity index (χ1v) is 10.0. The number of amides is 1. The summed E-state index contributed by atoms with van der Waals surface area (Å²) in [5.41, 5.74) is 3.85. The Labute approximate surface area is 170 Å². The summed E-state index contributed by atoms with van der Waals surface area (Å²) in [5.74, 6) is 0.630. The zero-order chi connectivity index (χ0) is 20.2. The van der Waals surface area contributed by atoms with Gasteiger partial charge in [0.2, 0.25) is 5.91 Å². The minimum Gasteiger partial charge on any atom is -0.342 e. The van der Waals surface area contributed by atoms with Crippen LogP contribution in [0.25, 0.3) is 11.4 Å². The summed E-state index contributed by atoms with van der Waals surface area (Å²) < 4.78 is 13.4. The maximum Gasteiger partial charge on any atom is 0.227 e. The Kier molecular flexibility index (Phi) is 5.65. The molecular weight excluding hydrogens is 365 g/mol. The van der Waals surface area contributed by atoms with E-state index in [-0.39, 0.29) is 24.1 Å². The number of aromatic nitrogens is 2. The molecule has 0 aliphatic carbocycles. The van der Waals surface area contributed by atoms with Crippen LogP contribution in [-0.2, 0) is 11.2 Å². The highest BCUT2D eigenvalue weighted by Gasteiger charge is 2.26. The minimum atomic E-state index is -0.309. The molecule has 0 radical (unpaired) electrons. The summed E-state index contributed by atoms with van der Waals surface area (Å²) in [4.78, 5) is 23.9. The number of carbonyl (C=O) groups excluding carboxylic acids is 1. The highest BCUT2D eigenvalue weighted by atomic mass is 19.1. The molecule has 1 aliphatic heterocycles. The average molecular weight is 389 g/mol. The van der Waals surface area contributed by atoms with E-state index in [1.54, 1.807) is 18.3 Å². The van der Waals surface area contributed by atoms with Crippen LogP contribution in [0.1, 0.15) is 35.6 Å². The van der Waals surface area contributed by atoms with E-state index in [0.29, 0.717) is 12.1 Å². The third-order valence-corrected chi connectivity index (χ3v) is 5.39. The standard InChI is InChI=1S/C24H24FN3O/c1-17-5-2-7-19(13-17)24-26-11-10-22(27-24)20-8-4-12-28(16-20)23(29)15-18-6-3-9-21(25)14-18/h2-3,5-7,9-11,13-14,20H,4,8,12,15-16H2,1H3/t20-/m0/s1. The van der Waals surface area contributed by atoms with Crippen molar-refractivity contribution in [2.75, 3.05) is 13.1 Å². The maximum atomic E-state index is 13.4. The lowest BCUT2D eigenvalue weighted by Gasteiger charge is -2.32. The number of carbonyl (C=O) groups is 1. The fourth-order valence-corrected chi connectivity index (χ4v) is 3.90. The van der Waals surface area contributed by atoms with Gasteiger partial charge in [-0.1, -0.05) is 35.9 Å². The maximum absolute atomic E-state index is 13.4. The Balaban J connectivity index is 1.48. The first-order chi connectivity index (χ1) is 14.1. The van der Waals surface area contributed by atoms with Crippen molar-refractivity contribution < 1.29 is 9.18 Å². The highest BCUT2D eigenvalue weighted by molar-refractivity contribution is 5.79. The van der Waals surface area contributed by atoms with Crippen LogP contribution >= 0.6 is 0 Å². The molecule has 148 valence electrons. The van der Waals surface area contributed by atoms with Gasteiger partial charge in [-0.3, -0.25) is 4.79 Å².